The van der Waals surface area contributed by atoms with Crippen LogP contribution < -0.4 is 20.2 Å². The lowest BCUT2D eigenvalue weighted by Gasteiger charge is -2.11. The van der Waals surface area contributed by atoms with Gasteiger partial charge in [0.25, 0.3) is 5.91 Å². The van der Waals surface area contributed by atoms with Gasteiger partial charge in [-0.25, -0.2) is 0 Å². The van der Waals surface area contributed by atoms with Gasteiger partial charge in [-0.2, -0.15) is 0 Å². The van der Waals surface area contributed by atoms with Crippen molar-refractivity contribution >= 4 is 22.6 Å². The number of hydrogen-bond donors (Lipinski definition) is 1. The fraction of sp³-hybridized carbons (Fsp3) is 0.0714. The second kappa shape index (κ2) is 9.61. The quantitative estimate of drug-likeness (QED) is 0.308. The van der Waals surface area contributed by atoms with Crippen LogP contribution in [0.25, 0.3) is 22.5 Å². The molecule has 0 bridgehead atoms. The first-order valence-corrected chi connectivity index (χ1v) is 10.9. The number of carbonyl (C=O) groups excluding carboxylic acids is 1. The second-order valence-electron chi connectivity index (χ2n) is 7.84. The molecule has 1 amide bonds. The summed E-state index contributed by atoms with van der Waals surface area (Å²) in [6, 6.07) is 25.0. The van der Waals surface area contributed by atoms with Crippen molar-refractivity contribution in [3.8, 4) is 28.8 Å². The number of benzene rings is 3. The third kappa shape index (κ3) is 4.94. The maximum Gasteiger partial charge on any atom is 0.262 e. The number of carbonyl (C=O) groups is 1. The van der Waals surface area contributed by atoms with Crippen LogP contribution in [0.4, 0.5) is 5.69 Å². The van der Waals surface area contributed by atoms with Crippen molar-refractivity contribution in [2.24, 2.45) is 0 Å². The summed E-state index contributed by atoms with van der Waals surface area (Å²) in [5, 5.41) is 3.11. The first-order chi connectivity index (χ1) is 17.1. The van der Waals surface area contributed by atoms with E-state index in [-0.39, 0.29) is 16.9 Å². The Morgan fingerprint density at radius 2 is 1.69 bits per heavy atom. The van der Waals surface area contributed by atoms with E-state index < -0.39 is 12.5 Å². The van der Waals surface area contributed by atoms with E-state index in [4.69, 9.17) is 18.3 Å². The minimum Gasteiger partial charge on any atom is -0.476 e. The highest BCUT2D eigenvalue weighted by atomic mass is 16.5. The summed E-state index contributed by atoms with van der Waals surface area (Å²) in [5.74, 6) is 1.29. The van der Waals surface area contributed by atoms with Gasteiger partial charge < -0.3 is 23.6 Å². The first kappa shape index (κ1) is 22.0. The Bertz CT molecular complexity index is 1520. The number of fused-ring (bicyclic) bond motifs is 1. The molecular weight excluding hydrogens is 446 g/mol. The summed E-state index contributed by atoms with van der Waals surface area (Å²) in [7, 11) is 0. The standard InChI is InChI=1S/C28H21NO6/c1-18-9-14-23-22(16-18)26(31)28(27(35-23)24-8-5-15-32-24)33-17-25(30)29-19-10-12-21(13-11-19)34-20-6-3-2-4-7-20/h2-16H,17H2,1H3,(H,29,30). The number of ether oxygens (including phenoxy) is 2. The minimum atomic E-state index is -0.434. The number of rotatable bonds is 7. The first-order valence-electron chi connectivity index (χ1n) is 10.9. The molecule has 35 heavy (non-hydrogen) atoms. The number of hydrogen-bond acceptors (Lipinski definition) is 6. The zero-order valence-corrected chi connectivity index (χ0v) is 18.8. The molecule has 7 nitrogen and oxygen atoms in total. The summed E-state index contributed by atoms with van der Waals surface area (Å²) in [4.78, 5) is 25.7. The lowest BCUT2D eigenvalue weighted by molar-refractivity contribution is -0.118. The Balaban J connectivity index is 1.32. The average molecular weight is 467 g/mol. The molecule has 0 radical (unpaired) electrons. The molecule has 0 aliphatic carbocycles. The van der Waals surface area contributed by atoms with Crippen LogP contribution in [0.2, 0.25) is 0 Å². The highest BCUT2D eigenvalue weighted by Crippen LogP contribution is 2.31. The van der Waals surface area contributed by atoms with Gasteiger partial charge in [0, 0.05) is 5.69 Å². The van der Waals surface area contributed by atoms with E-state index in [1.54, 1.807) is 48.5 Å². The minimum absolute atomic E-state index is 0.0835. The molecule has 1 N–H and O–H groups in total. The number of aryl methyl sites for hydroxylation is 1. The second-order valence-corrected chi connectivity index (χ2v) is 7.84. The summed E-state index contributed by atoms with van der Waals surface area (Å²) in [6.07, 6.45) is 1.47. The third-order valence-electron chi connectivity index (χ3n) is 5.21. The predicted molar refractivity (Wildman–Crippen MR) is 132 cm³/mol. The van der Waals surface area contributed by atoms with Gasteiger partial charge in [0.15, 0.2) is 12.4 Å². The van der Waals surface area contributed by atoms with E-state index in [1.165, 1.54) is 6.26 Å². The van der Waals surface area contributed by atoms with E-state index in [0.717, 1.165) is 11.3 Å². The Morgan fingerprint density at radius 3 is 2.43 bits per heavy atom. The van der Waals surface area contributed by atoms with Crippen molar-refractivity contribution in [3.63, 3.8) is 0 Å². The molecule has 0 saturated heterocycles. The Hall–Kier alpha value is -4.78. The molecule has 0 fully saturated rings. The number of amides is 1. The maximum absolute atomic E-state index is 13.2. The summed E-state index contributed by atoms with van der Waals surface area (Å²) in [5.41, 5.74) is 1.49. The fourth-order valence-corrected chi connectivity index (χ4v) is 3.56. The number of nitrogens with one attached hydrogen (secondary N) is 1. The summed E-state index contributed by atoms with van der Waals surface area (Å²) >= 11 is 0. The monoisotopic (exact) mass is 467 g/mol. The SMILES string of the molecule is Cc1ccc2oc(-c3ccco3)c(OCC(=O)Nc3ccc(Oc4ccccc4)cc3)c(=O)c2c1. The van der Waals surface area contributed by atoms with Crippen LogP contribution in [0.3, 0.4) is 0 Å². The van der Waals surface area contributed by atoms with Crippen LogP contribution in [0.5, 0.6) is 17.2 Å². The van der Waals surface area contributed by atoms with Gasteiger partial charge in [-0.1, -0.05) is 29.8 Å². The van der Waals surface area contributed by atoms with Crippen molar-refractivity contribution in [1.29, 1.82) is 0 Å². The van der Waals surface area contributed by atoms with Gasteiger partial charge in [0.1, 0.15) is 17.1 Å². The molecule has 174 valence electrons. The van der Waals surface area contributed by atoms with Gasteiger partial charge in [0.2, 0.25) is 16.9 Å². The van der Waals surface area contributed by atoms with Crippen LogP contribution in [-0.2, 0) is 4.79 Å². The lowest BCUT2D eigenvalue weighted by atomic mass is 10.1. The third-order valence-corrected chi connectivity index (χ3v) is 5.21. The van der Waals surface area contributed by atoms with Gasteiger partial charge in [-0.15, -0.1) is 0 Å². The van der Waals surface area contributed by atoms with Gasteiger partial charge in [-0.05, 0) is 67.6 Å². The Kier molecular flexibility index (Phi) is 6.05. The molecule has 0 saturated carbocycles. The maximum atomic E-state index is 13.2. The number of anilines is 1. The van der Waals surface area contributed by atoms with Crippen molar-refractivity contribution < 1.29 is 23.1 Å². The van der Waals surface area contributed by atoms with Gasteiger partial charge in [-0.3, -0.25) is 9.59 Å². The normalized spacial score (nSPS) is 10.8. The van der Waals surface area contributed by atoms with Crippen LogP contribution in [-0.4, -0.2) is 12.5 Å². The van der Waals surface area contributed by atoms with Crippen molar-refractivity contribution in [2.45, 2.75) is 6.92 Å². The van der Waals surface area contributed by atoms with Gasteiger partial charge >= 0.3 is 0 Å². The predicted octanol–water partition coefficient (Wildman–Crippen LogP) is 6.17. The molecule has 0 spiro atoms. The van der Waals surface area contributed by atoms with E-state index >= 15 is 0 Å². The largest absolute Gasteiger partial charge is 0.476 e. The van der Waals surface area contributed by atoms with E-state index in [1.807, 2.05) is 43.3 Å². The molecule has 5 rings (SSSR count). The van der Waals surface area contributed by atoms with Crippen LogP contribution in [0.15, 0.2) is 105 Å². The fourth-order valence-electron chi connectivity index (χ4n) is 3.56. The lowest BCUT2D eigenvalue weighted by Crippen LogP contribution is -2.22. The van der Waals surface area contributed by atoms with Crippen LogP contribution >= 0.6 is 0 Å². The molecule has 2 heterocycles. The molecule has 0 atom stereocenters. The molecule has 2 aromatic heterocycles. The van der Waals surface area contributed by atoms with E-state index in [9.17, 15) is 9.59 Å². The van der Waals surface area contributed by atoms with Crippen LogP contribution in [0.1, 0.15) is 5.56 Å². The topological polar surface area (TPSA) is 90.9 Å². The average Bonchev–Trinajstić information content (AvgIpc) is 3.40. The highest BCUT2D eigenvalue weighted by Gasteiger charge is 2.20. The molecule has 5 aromatic rings. The molecule has 7 heteroatoms. The zero-order chi connectivity index (χ0) is 24.2. The highest BCUT2D eigenvalue weighted by molar-refractivity contribution is 5.92. The Labute approximate surface area is 200 Å². The molecule has 3 aromatic carbocycles. The molecule has 0 unspecified atom stereocenters. The van der Waals surface area contributed by atoms with Crippen molar-refractivity contribution in [2.75, 3.05) is 11.9 Å². The molecule has 0 aliphatic heterocycles. The summed E-state index contributed by atoms with van der Waals surface area (Å²) in [6.45, 7) is 1.49. The Morgan fingerprint density at radius 1 is 0.914 bits per heavy atom. The smallest absolute Gasteiger partial charge is 0.262 e. The number of furan rings is 1. The zero-order valence-electron chi connectivity index (χ0n) is 18.8. The number of para-hydroxylation sites is 1. The van der Waals surface area contributed by atoms with Crippen molar-refractivity contribution in [3.05, 3.63) is 107 Å². The van der Waals surface area contributed by atoms with Gasteiger partial charge in [0.05, 0.1) is 11.6 Å². The molecular formula is C28H21NO6. The summed E-state index contributed by atoms with van der Waals surface area (Å²) < 4.78 is 22.8. The van der Waals surface area contributed by atoms with Crippen LogP contribution in [0, 0.1) is 6.92 Å². The van der Waals surface area contributed by atoms with E-state index in [0.29, 0.717) is 28.2 Å². The van der Waals surface area contributed by atoms with Crippen molar-refractivity contribution in [1.82, 2.24) is 0 Å². The molecule has 0 aliphatic rings. The van der Waals surface area contributed by atoms with E-state index in [2.05, 4.69) is 5.32 Å².